The summed E-state index contributed by atoms with van der Waals surface area (Å²) in [5.41, 5.74) is 3.41. The zero-order valence-corrected chi connectivity index (χ0v) is 13.3. The number of fused-ring (bicyclic) bond motifs is 1. The lowest BCUT2D eigenvalue weighted by molar-refractivity contribution is 0.111. The molecule has 3 rings (SSSR count). The molecule has 2 aromatic heterocycles. The molecule has 0 saturated carbocycles. The smallest absolute Gasteiger partial charge is 0.194 e. The molecular formula is C17H18N2OS. The van der Waals surface area contributed by atoms with E-state index in [1.54, 1.807) is 17.5 Å². The van der Waals surface area contributed by atoms with Crippen LogP contribution in [0.5, 0.6) is 0 Å². The van der Waals surface area contributed by atoms with Crippen molar-refractivity contribution in [1.29, 1.82) is 0 Å². The highest BCUT2D eigenvalue weighted by Crippen LogP contribution is 2.25. The molecule has 0 atom stereocenters. The molecule has 0 saturated heterocycles. The lowest BCUT2D eigenvalue weighted by atomic mass is 9.86. The van der Waals surface area contributed by atoms with Crippen LogP contribution in [0, 0.1) is 0 Å². The van der Waals surface area contributed by atoms with E-state index in [4.69, 9.17) is 0 Å². The maximum Gasteiger partial charge on any atom is 0.194 e. The molecule has 0 fully saturated rings. The molecule has 3 aromatic rings. The molecule has 21 heavy (non-hydrogen) atoms. The number of nitrogens with zero attached hydrogens (tertiary/aromatic N) is 2. The molecule has 1 aromatic carbocycles. The van der Waals surface area contributed by atoms with E-state index in [1.165, 1.54) is 16.0 Å². The minimum Gasteiger partial charge on any atom is -0.296 e. The summed E-state index contributed by atoms with van der Waals surface area (Å²) >= 11 is 1.63. The summed E-state index contributed by atoms with van der Waals surface area (Å²) < 4.78 is 1.86. The van der Waals surface area contributed by atoms with Gasteiger partial charge >= 0.3 is 0 Å². The van der Waals surface area contributed by atoms with Gasteiger partial charge in [-0.25, -0.2) is 4.98 Å². The Morgan fingerprint density at radius 2 is 1.95 bits per heavy atom. The monoisotopic (exact) mass is 298 g/mol. The van der Waals surface area contributed by atoms with Crippen LogP contribution >= 0.6 is 11.3 Å². The zero-order chi connectivity index (χ0) is 15.0. The van der Waals surface area contributed by atoms with Crippen molar-refractivity contribution >= 4 is 22.6 Å². The molecule has 0 bridgehead atoms. The number of thiazole rings is 1. The molecular weight excluding hydrogens is 280 g/mol. The summed E-state index contributed by atoms with van der Waals surface area (Å²) in [6, 6.07) is 8.77. The van der Waals surface area contributed by atoms with Gasteiger partial charge in [0.2, 0.25) is 0 Å². The van der Waals surface area contributed by atoms with Crippen molar-refractivity contribution < 1.29 is 4.79 Å². The van der Waals surface area contributed by atoms with E-state index in [-0.39, 0.29) is 5.41 Å². The van der Waals surface area contributed by atoms with Crippen LogP contribution in [-0.2, 0) is 11.8 Å². The Bertz CT molecular complexity index is 775. The van der Waals surface area contributed by atoms with Crippen LogP contribution in [0.3, 0.4) is 0 Å². The first-order chi connectivity index (χ1) is 9.97. The SMILES string of the molecule is CC(C)(C)c1ccc(Cc2cn3c(C=O)cnc3s2)cc1. The number of imidazole rings is 1. The van der Waals surface area contributed by atoms with Crippen LogP contribution in [0.1, 0.15) is 47.3 Å². The second-order valence-corrected chi connectivity index (χ2v) is 7.37. The number of hydrogen-bond donors (Lipinski definition) is 0. The zero-order valence-electron chi connectivity index (χ0n) is 12.5. The van der Waals surface area contributed by atoms with Gasteiger partial charge in [-0.05, 0) is 16.5 Å². The van der Waals surface area contributed by atoms with E-state index in [0.717, 1.165) is 17.7 Å². The molecule has 0 amide bonds. The molecule has 108 valence electrons. The fourth-order valence-corrected chi connectivity index (χ4v) is 3.34. The minimum absolute atomic E-state index is 0.182. The number of carbonyl (C=O) groups is 1. The van der Waals surface area contributed by atoms with Gasteiger partial charge in [0, 0.05) is 17.5 Å². The highest BCUT2D eigenvalue weighted by Gasteiger charge is 2.13. The number of benzene rings is 1. The van der Waals surface area contributed by atoms with Gasteiger partial charge in [-0.3, -0.25) is 9.20 Å². The summed E-state index contributed by atoms with van der Waals surface area (Å²) in [6.07, 6.45) is 5.33. The van der Waals surface area contributed by atoms with Gasteiger partial charge in [-0.1, -0.05) is 45.0 Å². The predicted octanol–water partition coefficient (Wildman–Crippen LogP) is 4.10. The molecule has 0 unspecified atom stereocenters. The third kappa shape index (κ3) is 2.76. The highest BCUT2D eigenvalue weighted by molar-refractivity contribution is 7.17. The Hall–Kier alpha value is -1.94. The quantitative estimate of drug-likeness (QED) is 0.682. The molecule has 0 radical (unpaired) electrons. The van der Waals surface area contributed by atoms with Crippen molar-refractivity contribution in [2.24, 2.45) is 0 Å². The largest absolute Gasteiger partial charge is 0.296 e. The summed E-state index contributed by atoms with van der Waals surface area (Å²) in [5.74, 6) is 0. The van der Waals surface area contributed by atoms with E-state index in [2.05, 4.69) is 50.0 Å². The summed E-state index contributed by atoms with van der Waals surface area (Å²) in [4.78, 5) is 17.3. The maximum absolute atomic E-state index is 10.9. The first-order valence-corrected chi connectivity index (χ1v) is 7.79. The van der Waals surface area contributed by atoms with Gasteiger partial charge in [0.1, 0.15) is 5.69 Å². The molecule has 0 spiro atoms. The second kappa shape index (κ2) is 5.11. The molecule has 0 aliphatic carbocycles. The van der Waals surface area contributed by atoms with Crippen LogP contribution in [0.15, 0.2) is 36.7 Å². The van der Waals surface area contributed by atoms with E-state index < -0.39 is 0 Å². The highest BCUT2D eigenvalue weighted by atomic mass is 32.1. The van der Waals surface area contributed by atoms with Crippen molar-refractivity contribution in [2.45, 2.75) is 32.6 Å². The standard InChI is InChI=1S/C17H18N2OS/c1-17(2,3)13-6-4-12(5-7-13)8-15-10-19-14(11-20)9-18-16(19)21-15/h4-7,9-11H,8H2,1-3H3. The lowest BCUT2D eigenvalue weighted by Gasteiger charge is -2.19. The fraction of sp³-hybridized carbons (Fsp3) is 0.294. The van der Waals surface area contributed by atoms with Gasteiger partial charge in [-0.2, -0.15) is 0 Å². The number of aldehydes is 1. The summed E-state index contributed by atoms with van der Waals surface area (Å²) in [5, 5.41) is 0. The number of hydrogen-bond acceptors (Lipinski definition) is 3. The summed E-state index contributed by atoms with van der Waals surface area (Å²) in [6.45, 7) is 6.66. The Morgan fingerprint density at radius 1 is 1.24 bits per heavy atom. The minimum atomic E-state index is 0.182. The molecule has 0 aliphatic rings. The normalized spacial score (nSPS) is 12.0. The Kier molecular flexibility index (Phi) is 3.41. The molecule has 3 nitrogen and oxygen atoms in total. The van der Waals surface area contributed by atoms with Crippen molar-refractivity contribution in [2.75, 3.05) is 0 Å². The van der Waals surface area contributed by atoms with Crippen LogP contribution < -0.4 is 0 Å². The van der Waals surface area contributed by atoms with E-state index in [0.29, 0.717) is 5.69 Å². The molecule has 2 heterocycles. The van der Waals surface area contributed by atoms with Gasteiger partial charge in [0.05, 0.1) is 6.20 Å². The van der Waals surface area contributed by atoms with E-state index in [9.17, 15) is 4.79 Å². The third-order valence-corrected chi connectivity index (χ3v) is 4.60. The van der Waals surface area contributed by atoms with E-state index in [1.807, 2.05) is 10.6 Å². The van der Waals surface area contributed by atoms with Crippen molar-refractivity contribution in [3.8, 4) is 0 Å². The van der Waals surface area contributed by atoms with Crippen LogP contribution in [-0.4, -0.2) is 15.7 Å². The summed E-state index contributed by atoms with van der Waals surface area (Å²) in [7, 11) is 0. The first kappa shape index (κ1) is 14.0. The van der Waals surface area contributed by atoms with Crippen LogP contribution in [0.2, 0.25) is 0 Å². The average Bonchev–Trinajstić information content (AvgIpc) is 2.97. The average molecular weight is 298 g/mol. The first-order valence-electron chi connectivity index (χ1n) is 6.98. The number of carbonyl (C=O) groups excluding carboxylic acids is 1. The lowest BCUT2D eigenvalue weighted by Crippen LogP contribution is -2.10. The van der Waals surface area contributed by atoms with Crippen molar-refractivity contribution in [3.05, 3.63) is 58.4 Å². The Labute approximate surface area is 128 Å². The Morgan fingerprint density at radius 3 is 2.57 bits per heavy atom. The number of rotatable bonds is 3. The molecule has 0 aliphatic heterocycles. The van der Waals surface area contributed by atoms with Crippen molar-refractivity contribution in [1.82, 2.24) is 9.38 Å². The van der Waals surface area contributed by atoms with Gasteiger partial charge in [-0.15, -0.1) is 11.3 Å². The van der Waals surface area contributed by atoms with E-state index >= 15 is 0 Å². The number of aromatic nitrogens is 2. The van der Waals surface area contributed by atoms with Crippen molar-refractivity contribution in [3.63, 3.8) is 0 Å². The molecule has 4 heteroatoms. The fourth-order valence-electron chi connectivity index (χ4n) is 2.34. The topological polar surface area (TPSA) is 34.4 Å². The Balaban J connectivity index is 1.84. The van der Waals surface area contributed by atoms with Crippen LogP contribution in [0.4, 0.5) is 0 Å². The van der Waals surface area contributed by atoms with Gasteiger partial charge in [0.15, 0.2) is 11.2 Å². The third-order valence-electron chi connectivity index (χ3n) is 3.61. The maximum atomic E-state index is 10.9. The second-order valence-electron chi connectivity index (χ2n) is 6.27. The van der Waals surface area contributed by atoms with Gasteiger partial charge in [0.25, 0.3) is 0 Å². The van der Waals surface area contributed by atoms with Crippen LogP contribution in [0.25, 0.3) is 4.96 Å². The molecule has 0 N–H and O–H groups in total. The van der Waals surface area contributed by atoms with Gasteiger partial charge < -0.3 is 0 Å². The predicted molar refractivity (Wildman–Crippen MR) is 86.4 cm³/mol.